The van der Waals surface area contributed by atoms with Crippen LogP contribution in [0.3, 0.4) is 0 Å². The molecule has 4 heteroatoms. The fourth-order valence-corrected chi connectivity index (χ4v) is 1.89. The molecule has 90 valence electrons. The number of hydrogen-bond acceptors (Lipinski definition) is 4. The maximum atomic E-state index is 10.1. The minimum atomic E-state index is -0.930. The van der Waals surface area contributed by atoms with Crippen LogP contribution in [-0.4, -0.2) is 34.9 Å². The number of nitrogens with one attached hydrogen (secondary N) is 1. The summed E-state index contributed by atoms with van der Waals surface area (Å²) in [5, 5.41) is 23.7. The summed E-state index contributed by atoms with van der Waals surface area (Å²) in [7, 11) is 1.73. The topological polar surface area (TPSA) is 65.4 Å². The number of fused-ring (bicyclic) bond motifs is 1. The molecule has 4 nitrogen and oxygen atoms in total. The molecule has 2 rings (SSSR count). The first-order valence-electron chi connectivity index (χ1n) is 5.58. The van der Waals surface area contributed by atoms with Gasteiger partial charge in [0.2, 0.25) is 0 Å². The van der Waals surface area contributed by atoms with E-state index in [-0.39, 0.29) is 0 Å². The highest BCUT2D eigenvalue weighted by Crippen LogP contribution is 2.24. The van der Waals surface area contributed by atoms with E-state index in [1.807, 2.05) is 24.3 Å². The van der Waals surface area contributed by atoms with Crippen LogP contribution in [-0.2, 0) is 0 Å². The van der Waals surface area contributed by atoms with E-state index in [1.165, 1.54) is 0 Å². The average molecular weight is 232 g/mol. The molecular weight excluding hydrogens is 216 g/mol. The number of likely N-dealkylation sites (N-methyl/N-ethyl adjacent to an activating group) is 1. The van der Waals surface area contributed by atoms with E-state index in [4.69, 9.17) is 0 Å². The van der Waals surface area contributed by atoms with Crippen molar-refractivity contribution in [3.05, 3.63) is 42.1 Å². The van der Waals surface area contributed by atoms with Crippen LogP contribution in [0.5, 0.6) is 0 Å². The van der Waals surface area contributed by atoms with Gasteiger partial charge in [0.25, 0.3) is 0 Å². The summed E-state index contributed by atoms with van der Waals surface area (Å²) < 4.78 is 0. The zero-order valence-corrected chi connectivity index (χ0v) is 9.67. The molecule has 0 aliphatic rings. The maximum absolute atomic E-state index is 10.1. The maximum Gasteiger partial charge on any atom is 0.108 e. The lowest BCUT2D eigenvalue weighted by Gasteiger charge is -2.18. The Morgan fingerprint density at radius 1 is 1.24 bits per heavy atom. The predicted octanol–water partition coefficient (Wildman–Crippen LogP) is 0.848. The second-order valence-corrected chi connectivity index (χ2v) is 3.99. The van der Waals surface area contributed by atoms with Crippen LogP contribution in [0, 0.1) is 0 Å². The zero-order chi connectivity index (χ0) is 12.3. The van der Waals surface area contributed by atoms with Gasteiger partial charge in [-0.3, -0.25) is 4.98 Å². The van der Waals surface area contributed by atoms with Gasteiger partial charge in [0, 0.05) is 23.7 Å². The summed E-state index contributed by atoms with van der Waals surface area (Å²) in [6.45, 7) is 0.338. The van der Waals surface area contributed by atoms with Crippen molar-refractivity contribution in [2.24, 2.45) is 0 Å². The molecule has 1 aromatic heterocycles. The predicted molar refractivity (Wildman–Crippen MR) is 66.6 cm³/mol. The summed E-state index contributed by atoms with van der Waals surface area (Å²) >= 11 is 0. The van der Waals surface area contributed by atoms with Crippen LogP contribution in [0.25, 0.3) is 10.9 Å². The van der Waals surface area contributed by atoms with E-state index in [1.54, 1.807) is 19.3 Å². The number of benzene rings is 1. The molecule has 0 spiro atoms. The minimum Gasteiger partial charge on any atom is -0.389 e. The molecule has 2 aromatic rings. The number of aliphatic hydroxyl groups excluding tert-OH is 2. The Hall–Kier alpha value is -1.49. The fourth-order valence-electron chi connectivity index (χ4n) is 1.89. The fraction of sp³-hybridized carbons (Fsp3) is 0.308. The van der Waals surface area contributed by atoms with Gasteiger partial charge in [-0.05, 0) is 13.1 Å². The minimum absolute atomic E-state index is 0.338. The van der Waals surface area contributed by atoms with Gasteiger partial charge in [-0.15, -0.1) is 0 Å². The molecule has 3 N–H and O–H groups in total. The molecule has 0 saturated heterocycles. The molecule has 0 aliphatic heterocycles. The van der Waals surface area contributed by atoms with Crippen LogP contribution in [0.4, 0.5) is 0 Å². The van der Waals surface area contributed by atoms with E-state index >= 15 is 0 Å². The molecule has 0 radical (unpaired) electrons. The summed E-state index contributed by atoms with van der Waals surface area (Å²) in [6, 6.07) is 9.36. The van der Waals surface area contributed by atoms with Gasteiger partial charge in [-0.25, -0.2) is 0 Å². The third-order valence-corrected chi connectivity index (χ3v) is 2.76. The third-order valence-electron chi connectivity index (χ3n) is 2.76. The molecule has 0 amide bonds. The molecule has 0 bridgehead atoms. The molecule has 2 unspecified atom stereocenters. The lowest BCUT2D eigenvalue weighted by atomic mass is 10.0. The van der Waals surface area contributed by atoms with Crippen LogP contribution in [0.2, 0.25) is 0 Å². The largest absolute Gasteiger partial charge is 0.389 e. The van der Waals surface area contributed by atoms with E-state index in [9.17, 15) is 10.2 Å². The second-order valence-electron chi connectivity index (χ2n) is 3.99. The Morgan fingerprint density at radius 3 is 2.76 bits per heavy atom. The van der Waals surface area contributed by atoms with Crippen LogP contribution < -0.4 is 5.32 Å². The van der Waals surface area contributed by atoms with Crippen molar-refractivity contribution in [3.8, 4) is 0 Å². The van der Waals surface area contributed by atoms with E-state index in [0.29, 0.717) is 12.1 Å². The Labute approximate surface area is 99.9 Å². The third kappa shape index (κ3) is 2.44. The number of para-hydroxylation sites is 1. The second kappa shape index (κ2) is 5.23. The lowest BCUT2D eigenvalue weighted by molar-refractivity contribution is 0.0210. The molecule has 0 saturated carbocycles. The average Bonchev–Trinajstić information content (AvgIpc) is 2.37. The summed E-state index contributed by atoms with van der Waals surface area (Å²) in [6.07, 6.45) is -0.0862. The highest BCUT2D eigenvalue weighted by Gasteiger charge is 2.19. The number of hydrogen-bond donors (Lipinski definition) is 3. The first kappa shape index (κ1) is 12.0. The van der Waals surface area contributed by atoms with Crippen LogP contribution >= 0.6 is 0 Å². The molecule has 2 atom stereocenters. The SMILES string of the molecule is CNCC(O)C(O)c1cccc2cccnc12. The van der Waals surface area contributed by atoms with Gasteiger partial charge in [-0.1, -0.05) is 24.3 Å². The summed E-state index contributed by atoms with van der Waals surface area (Å²) in [5.41, 5.74) is 1.39. The van der Waals surface area contributed by atoms with Crippen molar-refractivity contribution in [3.63, 3.8) is 0 Å². The number of rotatable bonds is 4. The Balaban J connectivity index is 2.41. The smallest absolute Gasteiger partial charge is 0.108 e. The van der Waals surface area contributed by atoms with Gasteiger partial charge in [-0.2, -0.15) is 0 Å². The van der Waals surface area contributed by atoms with Crippen molar-refractivity contribution >= 4 is 10.9 Å². The zero-order valence-electron chi connectivity index (χ0n) is 9.67. The monoisotopic (exact) mass is 232 g/mol. The molecule has 1 heterocycles. The van der Waals surface area contributed by atoms with Gasteiger partial charge >= 0.3 is 0 Å². The van der Waals surface area contributed by atoms with Gasteiger partial charge < -0.3 is 15.5 Å². The van der Waals surface area contributed by atoms with Crippen LogP contribution in [0.1, 0.15) is 11.7 Å². The first-order valence-corrected chi connectivity index (χ1v) is 5.58. The van der Waals surface area contributed by atoms with E-state index in [0.717, 1.165) is 10.9 Å². The number of aromatic nitrogens is 1. The number of pyridine rings is 1. The van der Waals surface area contributed by atoms with Gasteiger partial charge in [0.15, 0.2) is 0 Å². The molecule has 0 fully saturated rings. The van der Waals surface area contributed by atoms with Crippen molar-refractivity contribution in [1.82, 2.24) is 10.3 Å². The standard InChI is InChI=1S/C13H16N2O2/c1-14-8-11(16)13(17)10-6-2-4-9-5-3-7-15-12(9)10/h2-7,11,13-14,16-17H,8H2,1H3. The normalized spacial score (nSPS) is 14.8. The van der Waals surface area contributed by atoms with Crippen LogP contribution in [0.15, 0.2) is 36.5 Å². The number of aliphatic hydroxyl groups is 2. The van der Waals surface area contributed by atoms with Gasteiger partial charge in [0.05, 0.1) is 11.6 Å². The Bertz CT molecular complexity index is 496. The van der Waals surface area contributed by atoms with E-state index < -0.39 is 12.2 Å². The molecule has 0 aliphatic carbocycles. The highest BCUT2D eigenvalue weighted by atomic mass is 16.3. The van der Waals surface area contributed by atoms with Crippen molar-refractivity contribution in [1.29, 1.82) is 0 Å². The van der Waals surface area contributed by atoms with E-state index in [2.05, 4.69) is 10.3 Å². The Kier molecular flexibility index (Phi) is 3.68. The summed E-state index contributed by atoms with van der Waals surface area (Å²) in [5.74, 6) is 0. The van der Waals surface area contributed by atoms with Crippen molar-refractivity contribution < 1.29 is 10.2 Å². The molecular formula is C13H16N2O2. The molecule has 1 aromatic carbocycles. The summed E-state index contributed by atoms with van der Waals surface area (Å²) in [4.78, 5) is 4.25. The van der Waals surface area contributed by atoms with Crippen molar-refractivity contribution in [2.75, 3.05) is 13.6 Å². The number of nitrogens with zero attached hydrogens (tertiary/aromatic N) is 1. The Morgan fingerprint density at radius 2 is 2.00 bits per heavy atom. The quantitative estimate of drug-likeness (QED) is 0.731. The lowest BCUT2D eigenvalue weighted by Crippen LogP contribution is -2.29. The van der Waals surface area contributed by atoms with Crippen molar-refractivity contribution in [2.45, 2.75) is 12.2 Å². The highest BCUT2D eigenvalue weighted by molar-refractivity contribution is 5.81. The first-order chi connectivity index (χ1) is 8.24. The van der Waals surface area contributed by atoms with Gasteiger partial charge in [0.1, 0.15) is 6.10 Å². The molecule has 17 heavy (non-hydrogen) atoms.